The zero-order chi connectivity index (χ0) is 9.80. The van der Waals surface area contributed by atoms with Crippen LogP contribution >= 0.6 is 0 Å². The fraction of sp³-hybridized carbons (Fsp3) is 0.0714. The Morgan fingerprint density at radius 3 is 2.64 bits per heavy atom. The predicted octanol–water partition coefficient (Wildman–Crippen LogP) is 4.08. The van der Waals surface area contributed by atoms with Crippen LogP contribution in [0.2, 0.25) is 0 Å². The second-order valence-electron chi connectivity index (χ2n) is 3.26. The molecule has 0 atom stereocenters. The molecule has 0 saturated carbocycles. The third-order valence-corrected chi connectivity index (χ3v) is 2.29. The first kappa shape index (κ1) is 9.01. The normalized spacial score (nSPS) is 11.2. The van der Waals surface area contributed by atoms with Crippen LogP contribution in [0.5, 0.6) is 0 Å². The number of allylic oxidation sites excluding steroid dienone is 1. The Balaban J connectivity index is 2.59. The summed E-state index contributed by atoms with van der Waals surface area (Å²) in [6.45, 7) is 3.79. The molecule has 0 aliphatic heterocycles. The van der Waals surface area contributed by atoms with Crippen LogP contribution in [0.3, 0.4) is 0 Å². The molecule has 0 saturated heterocycles. The van der Waals surface area contributed by atoms with Gasteiger partial charge in [-0.2, -0.15) is 0 Å². The van der Waals surface area contributed by atoms with Crippen LogP contribution in [-0.4, -0.2) is 0 Å². The van der Waals surface area contributed by atoms with Crippen molar-refractivity contribution < 1.29 is 0 Å². The maximum atomic E-state index is 3.79. The second kappa shape index (κ2) is 4.10. The molecule has 0 aliphatic carbocycles. The number of benzene rings is 2. The van der Waals surface area contributed by atoms with Crippen LogP contribution in [0.25, 0.3) is 16.8 Å². The van der Waals surface area contributed by atoms with Gasteiger partial charge in [-0.05, 0) is 29.7 Å². The Labute approximate surface area is 84.9 Å². The van der Waals surface area contributed by atoms with Gasteiger partial charge in [0.15, 0.2) is 0 Å². The second-order valence-corrected chi connectivity index (χ2v) is 3.26. The van der Waals surface area contributed by atoms with Gasteiger partial charge in [-0.25, -0.2) is 0 Å². The van der Waals surface area contributed by atoms with E-state index in [0.29, 0.717) is 0 Å². The number of rotatable bonds is 2. The highest BCUT2D eigenvalue weighted by Gasteiger charge is 1.94. The van der Waals surface area contributed by atoms with Gasteiger partial charge in [-0.15, -0.1) is 0 Å². The van der Waals surface area contributed by atoms with E-state index >= 15 is 0 Å². The molecule has 0 nitrogen and oxygen atoms in total. The van der Waals surface area contributed by atoms with E-state index in [9.17, 15) is 0 Å². The van der Waals surface area contributed by atoms with E-state index in [-0.39, 0.29) is 0 Å². The predicted molar refractivity (Wildman–Crippen MR) is 63.0 cm³/mol. The average molecular weight is 181 g/mol. The van der Waals surface area contributed by atoms with E-state index in [4.69, 9.17) is 0 Å². The highest BCUT2D eigenvalue weighted by atomic mass is 14.0. The lowest BCUT2D eigenvalue weighted by atomic mass is 10.0. The van der Waals surface area contributed by atoms with Gasteiger partial charge in [0, 0.05) is 0 Å². The standard InChI is InChI=1S/C14H13/c1-2-3-7-12-9-6-10-13-8-4-5-11-14(12)13/h3-11H,1-2H2. The van der Waals surface area contributed by atoms with Crippen LogP contribution in [0.4, 0.5) is 0 Å². The minimum Gasteiger partial charge on any atom is -0.0839 e. The summed E-state index contributed by atoms with van der Waals surface area (Å²) in [6.07, 6.45) is 5.06. The lowest BCUT2D eigenvalue weighted by molar-refractivity contribution is 1.42. The fourth-order valence-corrected chi connectivity index (χ4v) is 1.61. The molecule has 0 N–H and O–H groups in total. The number of hydrogen-bond donors (Lipinski definition) is 0. The topological polar surface area (TPSA) is 0 Å². The summed E-state index contributed by atoms with van der Waals surface area (Å²) in [6, 6.07) is 14.8. The Hall–Kier alpha value is -1.56. The molecule has 69 valence electrons. The number of fused-ring (bicyclic) bond motifs is 1. The molecule has 0 unspecified atom stereocenters. The molecule has 0 spiro atoms. The summed E-state index contributed by atoms with van der Waals surface area (Å²) in [5.41, 5.74) is 1.27. The van der Waals surface area contributed by atoms with Gasteiger partial charge in [0.1, 0.15) is 0 Å². The first-order chi connectivity index (χ1) is 6.92. The minimum absolute atomic E-state index is 0.837. The third-order valence-electron chi connectivity index (χ3n) is 2.29. The van der Waals surface area contributed by atoms with E-state index in [2.05, 4.69) is 61.5 Å². The van der Waals surface area contributed by atoms with Gasteiger partial charge in [-0.1, -0.05) is 54.6 Å². The van der Waals surface area contributed by atoms with Gasteiger partial charge in [0.25, 0.3) is 0 Å². The zero-order valence-electron chi connectivity index (χ0n) is 8.11. The van der Waals surface area contributed by atoms with Crippen molar-refractivity contribution in [3.8, 4) is 0 Å². The van der Waals surface area contributed by atoms with Crippen molar-refractivity contribution in [2.75, 3.05) is 0 Å². The highest BCUT2D eigenvalue weighted by molar-refractivity contribution is 5.90. The van der Waals surface area contributed by atoms with Gasteiger partial charge < -0.3 is 0 Å². The van der Waals surface area contributed by atoms with E-state index in [1.54, 1.807) is 0 Å². The molecular formula is C14H13. The quantitative estimate of drug-likeness (QED) is 0.655. The summed E-state index contributed by atoms with van der Waals surface area (Å²) in [4.78, 5) is 0. The van der Waals surface area contributed by atoms with E-state index in [1.807, 2.05) is 0 Å². The van der Waals surface area contributed by atoms with Crippen LogP contribution in [0, 0.1) is 6.92 Å². The van der Waals surface area contributed by atoms with Crippen molar-refractivity contribution in [2.24, 2.45) is 0 Å². The largest absolute Gasteiger partial charge is 0.0839 e. The molecule has 14 heavy (non-hydrogen) atoms. The summed E-state index contributed by atoms with van der Waals surface area (Å²) in [7, 11) is 0. The van der Waals surface area contributed by atoms with Crippen molar-refractivity contribution in [1.29, 1.82) is 0 Å². The van der Waals surface area contributed by atoms with Crippen LogP contribution in [0.1, 0.15) is 12.0 Å². The lowest BCUT2D eigenvalue weighted by Gasteiger charge is -2.00. The zero-order valence-corrected chi connectivity index (χ0v) is 8.11. The molecule has 0 amide bonds. The van der Waals surface area contributed by atoms with Crippen molar-refractivity contribution in [2.45, 2.75) is 6.42 Å². The van der Waals surface area contributed by atoms with Gasteiger partial charge >= 0.3 is 0 Å². The monoisotopic (exact) mass is 181 g/mol. The van der Waals surface area contributed by atoms with Gasteiger partial charge in [0.05, 0.1) is 0 Å². The summed E-state index contributed by atoms with van der Waals surface area (Å²) < 4.78 is 0. The van der Waals surface area contributed by atoms with E-state index in [1.165, 1.54) is 16.3 Å². The molecule has 0 aliphatic rings. The molecule has 0 aromatic heterocycles. The smallest absolute Gasteiger partial charge is 0.0112 e. The van der Waals surface area contributed by atoms with Crippen molar-refractivity contribution in [3.05, 3.63) is 61.0 Å². The van der Waals surface area contributed by atoms with Crippen molar-refractivity contribution >= 4 is 16.8 Å². The molecule has 2 aromatic rings. The third kappa shape index (κ3) is 1.69. The first-order valence-electron chi connectivity index (χ1n) is 4.85. The molecule has 2 aromatic carbocycles. The Bertz CT molecular complexity index is 447. The Kier molecular flexibility index (Phi) is 2.64. The maximum absolute atomic E-state index is 3.79. The highest BCUT2D eigenvalue weighted by Crippen LogP contribution is 2.19. The molecule has 0 fully saturated rings. The molecule has 2 rings (SSSR count). The van der Waals surface area contributed by atoms with Crippen LogP contribution in [0.15, 0.2) is 48.5 Å². The molecule has 1 radical (unpaired) electrons. The SMILES string of the molecule is [CH2]CC=Cc1cccc2ccccc12. The number of hydrogen-bond acceptors (Lipinski definition) is 0. The van der Waals surface area contributed by atoms with Gasteiger partial charge in [0.2, 0.25) is 0 Å². The lowest BCUT2D eigenvalue weighted by Crippen LogP contribution is -1.76. The average Bonchev–Trinajstić information content (AvgIpc) is 2.26. The minimum atomic E-state index is 0.837. The summed E-state index contributed by atoms with van der Waals surface area (Å²) >= 11 is 0. The summed E-state index contributed by atoms with van der Waals surface area (Å²) in [5.74, 6) is 0. The fourth-order valence-electron chi connectivity index (χ4n) is 1.61. The van der Waals surface area contributed by atoms with Gasteiger partial charge in [-0.3, -0.25) is 0 Å². The van der Waals surface area contributed by atoms with Crippen LogP contribution in [-0.2, 0) is 0 Å². The molecule has 0 bridgehead atoms. The summed E-state index contributed by atoms with van der Waals surface area (Å²) in [5, 5.41) is 2.60. The van der Waals surface area contributed by atoms with E-state index in [0.717, 1.165) is 6.42 Å². The molecule has 0 heteroatoms. The maximum Gasteiger partial charge on any atom is -0.0112 e. The van der Waals surface area contributed by atoms with E-state index < -0.39 is 0 Å². The Morgan fingerprint density at radius 1 is 1.00 bits per heavy atom. The molecule has 0 heterocycles. The molecular weight excluding hydrogens is 168 g/mol. The van der Waals surface area contributed by atoms with Crippen molar-refractivity contribution in [1.82, 2.24) is 0 Å². The Morgan fingerprint density at radius 2 is 1.79 bits per heavy atom. The van der Waals surface area contributed by atoms with Crippen LogP contribution < -0.4 is 0 Å². The first-order valence-corrected chi connectivity index (χ1v) is 4.85. The van der Waals surface area contributed by atoms with Crippen molar-refractivity contribution in [3.63, 3.8) is 0 Å².